The Bertz CT molecular complexity index is 1570. The summed E-state index contributed by atoms with van der Waals surface area (Å²) in [5.74, 6) is -0.798. The van der Waals surface area contributed by atoms with Crippen molar-refractivity contribution >= 4 is 22.4 Å². The Hall–Kier alpha value is -4.29. The first-order valence-corrected chi connectivity index (χ1v) is 12.4. The molecule has 1 amide bonds. The zero-order chi connectivity index (χ0) is 25.9. The van der Waals surface area contributed by atoms with Gasteiger partial charge in [0.2, 0.25) is 0 Å². The molecule has 0 aliphatic carbocycles. The number of nitrogens with zero attached hydrogens (tertiary/aromatic N) is 2. The number of anilines is 1. The smallest absolute Gasteiger partial charge is 0.274 e. The third kappa shape index (κ3) is 5.29. The van der Waals surface area contributed by atoms with E-state index >= 15 is 4.39 Å². The molecule has 4 aromatic carbocycles. The second-order valence-corrected chi connectivity index (χ2v) is 9.46. The van der Waals surface area contributed by atoms with Gasteiger partial charge in [0.05, 0.1) is 5.69 Å². The number of amides is 1. The van der Waals surface area contributed by atoms with E-state index in [1.54, 1.807) is 19.1 Å². The lowest BCUT2D eigenvalue weighted by Gasteiger charge is -2.14. The van der Waals surface area contributed by atoms with Gasteiger partial charge in [-0.15, -0.1) is 0 Å². The normalized spacial score (nSPS) is 11.3. The highest BCUT2D eigenvalue weighted by Crippen LogP contribution is 2.27. The third-order valence-corrected chi connectivity index (χ3v) is 6.28. The van der Waals surface area contributed by atoms with Crippen molar-refractivity contribution in [3.63, 3.8) is 0 Å². The van der Waals surface area contributed by atoms with Crippen molar-refractivity contribution in [1.82, 2.24) is 15.1 Å². The van der Waals surface area contributed by atoms with Crippen LogP contribution in [0.15, 0.2) is 91.0 Å². The maximum Gasteiger partial charge on any atom is 0.274 e. The summed E-state index contributed by atoms with van der Waals surface area (Å²) in [4.78, 5) is 13.3. The molecule has 5 aromatic rings. The molecule has 0 saturated heterocycles. The van der Waals surface area contributed by atoms with Crippen LogP contribution in [0.3, 0.4) is 0 Å². The zero-order valence-electron chi connectivity index (χ0n) is 21.1. The van der Waals surface area contributed by atoms with Crippen LogP contribution in [0.4, 0.5) is 10.1 Å². The minimum absolute atomic E-state index is 0.235. The van der Waals surface area contributed by atoms with Gasteiger partial charge in [0.25, 0.3) is 5.91 Å². The molecule has 0 aliphatic rings. The lowest BCUT2D eigenvalue weighted by Crippen LogP contribution is -2.22. The van der Waals surface area contributed by atoms with Crippen molar-refractivity contribution in [2.45, 2.75) is 33.4 Å². The van der Waals surface area contributed by atoms with E-state index in [1.165, 1.54) is 16.3 Å². The molecule has 0 atom stereocenters. The third-order valence-electron chi connectivity index (χ3n) is 6.28. The van der Waals surface area contributed by atoms with Gasteiger partial charge in [-0.05, 0) is 64.7 Å². The summed E-state index contributed by atoms with van der Waals surface area (Å²) in [6.07, 6.45) is 0. The van der Waals surface area contributed by atoms with Gasteiger partial charge >= 0.3 is 0 Å². The average molecular weight is 493 g/mol. The summed E-state index contributed by atoms with van der Waals surface area (Å²) in [5, 5.41) is 12.5. The summed E-state index contributed by atoms with van der Waals surface area (Å²) >= 11 is 0. The molecular weight excluding hydrogens is 463 g/mol. The van der Waals surface area contributed by atoms with E-state index in [4.69, 9.17) is 0 Å². The van der Waals surface area contributed by atoms with Crippen LogP contribution < -0.4 is 10.6 Å². The van der Waals surface area contributed by atoms with E-state index < -0.39 is 5.82 Å². The SMILES string of the molecule is Cc1cc(C(=O)Nc2ccc(-c3ccccc3CNC(C)C)cc2)n(-c2cc3ccccc3cc2F)n1. The van der Waals surface area contributed by atoms with Gasteiger partial charge in [-0.3, -0.25) is 4.79 Å². The standard InChI is InChI=1S/C31H29FN4O/c1-20(2)33-19-25-10-6-7-11-27(25)22-12-14-26(15-13-22)34-31(37)30-16-21(3)35-36(30)29-18-24-9-5-4-8-23(24)17-28(29)32/h4-18,20,33H,19H2,1-3H3,(H,34,37). The number of rotatable bonds is 7. The molecular formula is C31H29FN4O. The van der Waals surface area contributed by atoms with Crippen molar-refractivity contribution in [2.75, 3.05) is 5.32 Å². The predicted molar refractivity (Wildman–Crippen MR) is 148 cm³/mol. The second kappa shape index (κ2) is 10.4. The maximum absolute atomic E-state index is 15.0. The molecule has 0 saturated carbocycles. The molecule has 5 nitrogen and oxygen atoms in total. The molecule has 1 heterocycles. The molecule has 1 aromatic heterocycles. The molecule has 0 radical (unpaired) electrons. The maximum atomic E-state index is 15.0. The van der Waals surface area contributed by atoms with Crippen LogP contribution in [0, 0.1) is 12.7 Å². The van der Waals surface area contributed by atoms with E-state index in [0.29, 0.717) is 17.4 Å². The lowest BCUT2D eigenvalue weighted by atomic mass is 9.99. The van der Waals surface area contributed by atoms with Crippen LogP contribution in [-0.2, 0) is 6.54 Å². The number of carbonyl (C=O) groups excluding carboxylic acids is 1. The second-order valence-electron chi connectivity index (χ2n) is 9.46. The van der Waals surface area contributed by atoms with Gasteiger partial charge in [-0.1, -0.05) is 74.5 Å². The number of hydrogen-bond donors (Lipinski definition) is 2. The highest BCUT2D eigenvalue weighted by Gasteiger charge is 2.19. The van der Waals surface area contributed by atoms with Gasteiger partial charge in [0.15, 0.2) is 0 Å². The van der Waals surface area contributed by atoms with Crippen LogP contribution in [0.5, 0.6) is 0 Å². The first-order valence-electron chi connectivity index (χ1n) is 12.4. The number of fused-ring (bicyclic) bond motifs is 1. The highest BCUT2D eigenvalue weighted by molar-refractivity contribution is 6.03. The fourth-order valence-corrected chi connectivity index (χ4v) is 4.41. The Morgan fingerprint density at radius 3 is 2.32 bits per heavy atom. The van der Waals surface area contributed by atoms with E-state index in [-0.39, 0.29) is 17.3 Å². The minimum atomic E-state index is -0.439. The number of aromatic nitrogens is 2. The molecule has 2 N–H and O–H groups in total. The van der Waals surface area contributed by atoms with E-state index in [1.807, 2.05) is 60.7 Å². The van der Waals surface area contributed by atoms with Crippen molar-refractivity contribution in [3.05, 3.63) is 114 Å². The molecule has 6 heteroatoms. The quantitative estimate of drug-likeness (QED) is 0.260. The fraction of sp³-hybridized carbons (Fsp3) is 0.161. The topological polar surface area (TPSA) is 59.0 Å². The Kier molecular flexibility index (Phi) is 6.84. The number of nitrogens with one attached hydrogen (secondary N) is 2. The van der Waals surface area contributed by atoms with Crippen LogP contribution in [0.2, 0.25) is 0 Å². The highest BCUT2D eigenvalue weighted by atomic mass is 19.1. The Morgan fingerprint density at radius 1 is 0.919 bits per heavy atom. The summed E-state index contributed by atoms with van der Waals surface area (Å²) in [5.41, 5.74) is 5.20. The van der Waals surface area contributed by atoms with Crippen LogP contribution in [-0.4, -0.2) is 21.7 Å². The molecule has 0 bridgehead atoms. The summed E-state index contributed by atoms with van der Waals surface area (Å²) < 4.78 is 16.4. The predicted octanol–water partition coefficient (Wildman–Crippen LogP) is 6.89. The summed E-state index contributed by atoms with van der Waals surface area (Å²) in [7, 11) is 0. The van der Waals surface area contributed by atoms with Gasteiger partial charge in [0.1, 0.15) is 17.2 Å². The number of halogens is 1. The zero-order valence-corrected chi connectivity index (χ0v) is 21.1. The summed E-state index contributed by atoms with van der Waals surface area (Å²) in [6.45, 7) is 6.82. The molecule has 37 heavy (non-hydrogen) atoms. The van der Waals surface area contributed by atoms with Gasteiger partial charge < -0.3 is 10.6 Å². The molecule has 0 fully saturated rings. The molecule has 5 rings (SSSR count). The number of carbonyl (C=O) groups is 1. The average Bonchev–Trinajstić information content (AvgIpc) is 3.29. The molecule has 0 aliphatic heterocycles. The number of aryl methyl sites for hydroxylation is 1. The molecule has 0 unspecified atom stereocenters. The first kappa shape index (κ1) is 24.4. The first-order chi connectivity index (χ1) is 17.9. The van der Waals surface area contributed by atoms with Crippen molar-refractivity contribution in [3.8, 4) is 16.8 Å². The van der Waals surface area contributed by atoms with Crippen molar-refractivity contribution in [1.29, 1.82) is 0 Å². The van der Waals surface area contributed by atoms with Gasteiger partial charge in [-0.25, -0.2) is 9.07 Å². The minimum Gasteiger partial charge on any atom is -0.321 e. The lowest BCUT2D eigenvalue weighted by molar-refractivity contribution is 0.101. The van der Waals surface area contributed by atoms with Crippen molar-refractivity contribution in [2.24, 2.45) is 0 Å². The largest absolute Gasteiger partial charge is 0.321 e. The summed E-state index contributed by atoms with van der Waals surface area (Å²) in [6, 6.07) is 28.8. The van der Waals surface area contributed by atoms with Crippen molar-refractivity contribution < 1.29 is 9.18 Å². The van der Waals surface area contributed by atoms with E-state index in [9.17, 15) is 4.79 Å². The van der Waals surface area contributed by atoms with E-state index in [2.05, 4.69) is 41.7 Å². The van der Waals surface area contributed by atoms with Gasteiger partial charge in [-0.2, -0.15) is 5.10 Å². The van der Waals surface area contributed by atoms with Crippen LogP contribution in [0.25, 0.3) is 27.6 Å². The van der Waals surface area contributed by atoms with E-state index in [0.717, 1.165) is 28.4 Å². The number of hydrogen-bond acceptors (Lipinski definition) is 3. The Labute approximate surface area is 216 Å². The van der Waals surface area contributed by atoms with Crippen LogP contribution >= 0.6 is 0 Å². The molecule has 0 spiro atoms. The fourth-order valence-electron chi connectivity index (χ4n) is 4.41. The molecule has 186 valence electrons. The van der Waals surface area contributed by atoms with Gasteiger partial charge in [0, 0.05) is 18.3 Å². The monoisotopic (exact) mass is 492 g/mol. The van der Waals surface area contributed by atoms with Crippen LogP contribution in [0.1, 0.15) is 35.6 Å². The Balaban J connectivity index is 1.39. The number of benzene rings is 4. The Morgan fingerprint density at radius 2 is 1.59 bits per heavy atom.